The summed E-state index contributed by atoms with van der Waals surface area (Å²) in [5, 5.41) is 9.45. The summed E-state index contributed by atoms with van der Waals surface area (Å²) in [5.74, 6) is -0.586. The highest BCUT2D eigenvalue weighted by atomic mass is 35.5. The number of benzene rings is 1. The molecule has 3 N–H and O–H groups in total. The lowest BCUT2D eigenvalue weighted by Gasteiger charge is -2.39. The van der Waals surface area contributed by atoms with Crippen LogP contribution in [-0.4, -0.2) is 89.5 Å². The zero-order valence-corrected chi connectivity index (χ0v) is 21.6. The van der Waals surface area contributed by atoms with E-state index in [9.17, 15) is 14.7 Å². The van der Waals surface area contributed by atoms with Crippen LogP contribution in [0.2, 0.25) is 5.02 Å². The fourth-order valence-electron chi connectivity index (χ4n) is 5.62. The van der Waals surface area contributed by atoms with Gasteiger partial charge in [-0.15, -0.1) is 0 Å². The summed E-state index contributed by atoms with van der Waals surface area (Å²) in [7, 11) is 1.64. The molecule has 2 aromatic rings. The van der Waals surface area contributed by atoms with Gasteiger partial charge in [0.2, 0.25) is 0 Å². The molecule has 2 fully saturated rings. The molecule has 2 amide bonds. The van der Waals surface area contributed by atoms with Gasteiger partial charge in [-0.05, 0) is 32.4 Å². The first-order valence-electron chi connectivity index (χ1n) is 12.1. The first-order chi connectivity index (χ1) is 17.6. The molecule has 0 aliphatic carbocycles. The van der Waals surface area contributed by atoms with Crippen LogP contribution in [0.15, 0.2) is 18.2 Å². The topological polar surface area (TPSA) is 121 Å². The largest absolute Gasteiger partial charge is 0.489 e. The molecule has 3 aliphatic heterocycles. The Kier molecular flexibility index (Phi) is 6.31. The molecule has 4 heterocycles. The van der Waals surface area contributed by atoms with Crippen molar-refractivity contribution in [3.8, 4) is 17.0 Å². The van der Waals surface area contributed by atoms with Gasteiger partial charge in [-0.1, -0.05) is 17.7 Å². The van der Waals surface area contributed by atoms with E-state index >= 15 is 4.39 Å². The molecule has 0 saturated carbocycles. The molecule has 0 radical (unpaired) electrons. The molecule has 12 heteroatoms. The van der Waals surface area contributed by atoms with E-state index in [1.165, 1.54) is 17.0 Å². The van der Waals surface area contributed by atoms with Crippen molar-refractivity contribution in [1.82, 2.24) is 14.8 Å². The third kappa shape index (κ3) is 4.00. The van der Waals surface area contributed by atoms with Crippen molar-refractivity contribution in [2.24, 2.45) is 0 Å². The lowest BCUT2D eigenvalue weighted by molar-refractivity contribution is 0.0390. The Hall–Kier alpha value is -3.31. The van der Waals surface area contributed by atoms with Crippen LogP contribution in [-0.2, 0) is 4.74 Å². The highest BCUT2D eigenvalue weighted by molar-refractivity contribution is 6.35. The number of rotatable bonds is 3. The zero-order valence-electron chi connectivity index (χ0n) is 20.8. The van der Waals surface area contributed by atoms with E-state index in [0.717, 1.165) is 0 Å². The maximum Gasteiger partial charge on any atom is 0.407 e. The number of nitrogen functional groups attached to an aromatic ring is 1. The fourth-order valence-corrected chi connectivity index (χ4v) is 5.90. The number of nitrogens with zero attached hydrogens (tertiary/aromatic N) is 4. The molecule has 198 valence electrons. The summed E-state index contributed by atoms with van der Waals surface area (Å²) in [6.07, 6.45) is -0.512. The molecule has 1 unspecified atom stereocenters. The predicted molar refractivity (Wildman–Crippen MR) is 136 cm³/mol. The van der Waals surface area contributed by atoms with E-state index in [-0.39, 0.29) is 71.5 Å². The van der Waals surface area contributed by atoms with Crippen molar-refractivity contribution in [3.63, 3.8) is 0 Å². The summed E-state index contributed by atoms with van der Waals surface area (Å²) < 4.78 is 26.9. The third-order valence-electron chi connectivity index (χ3n) is 7.65. The van der Waals surface area contributed by atoms with Gasteiger partial charge in [0.05, 0.1) is 23.2 Å². The molecule has 2 saturated heterocycles. The molecular formula is C25H29ClFN5O5. The van der Waals surface area contributed by atoms with Gasteiger partial charge < -0.3 is 35.0 Å². The van der Waals surface area contributed by atoms with Crippen LogP contribution < -0.4 is 15.4 Å². The van der Waals surface area contributed by atoms with Gasteiger partial charge in [0, 0.05) is 39.0 Å². The number of halogens is 2. The number of carbonyl (C=O) groups excluding carboxylic acids is 1. The number of nitrogens with two attached hydrogens (primary N) is 1. The number of pyridine rings is 1. The number of amides is 2. The summed E-state index contributed by atoms with van der Waals surface area (Å²) in [4.78, 5) is 35.2. The van der Waals surface area contributed by atoms with Crippen LogP contribution in [0.3, 0.4) is 0 Å². The van der Waals surface area contributed by atoms with Crippen molar-refractivity contribution in [3.05, 3.63) is 34.6 Å². The molecule has 2 atom stereocenters. The SMILES string of the molecule is COC1CCN(c2nc(-c3c(N)cccc3F)c(Cl)c3c2C(=O)N2CCN(C(=O)O)C[C@@H]2CO3)C1(C)C. The summed E-state index contributed by atoms with van der Waals surface area (Å²) in [5.41, 5.74) is 5.99. The van der Waals surface area contributed by atoms with Crippen LogP contribution in [0.25, 0.3) is 11.3 Å². The number of carbonyl (C=O) groups is 2. The van der Waals surface area contributed by atoms with E-state index in [0.29, 0.717) is 18.8 Å². The minimum Gasteiger partial charge on any atom is -0.489 e. The second kappa shape index (κ2) is 9.21. The Morgan fingerprint density at radius 1 is 1.30 bits per heavy atom. The molecule has 0 spiro atoms. The Morgan fingerprint density at radius 3 is 2.70 bits per heavy atom. The van der Waals surface area contributed by atoms with E-state index < -0.39 is 23.5 Å². The lowest BCUT2D eigenvalue weighted by atomic mass is 9.97. The lowest BCUT2D eigenvalue weighted by Crippen LogP contribution is -2.57. The van der Waals surface area contributed by atoms with Crippen molar-refractivity contribution in [2.75, 3.05) is 50.5 Å². The van der Waals surface area contributed by atoms with Crippen molar-refractivity contribution in [1.29, 1.82) is 0 Å². The Balaban J connectivity index is 1.72. The van der Waals surface area contributed by atoms with E-state index in [1.807, 2.05) is 18.7 Å². The maximum absolute atomic E-state index is 15.1. The van der Waals surface area contributed by atoms with Crippen LogP contribution in [0.1, 0.15) is 30.6 Å². The second-order valence-corrected chi connectivity index (χ2v) is 10.4. The molecule has 1 aromatic carbocycles. The number of anilines is 2. The molecule has 37 heavy (non-hydrogen) atoms. The van der Waals surface area contributed by atoms with Crippen molar-refractivity contribution in [2.45, 2.75) is 38.0 Å². The number of ether oxygens (including phenoxy) is 2. The molecule has 1 aromatic heterocycles. The number of methoxy groups -OCH3 is 1. The van der Waals surface area contributed by atoms with Crippen LogP contribution >= 0.6 is 11.6 Å². The molecule has 5 rings (SSSR count). The smallest absolute Gasteiger partial charge is 0.407 e. The quantitative estimate of drug-likeness (QED) is 0.576. The average Bonchev–Trinajstić information content (AvgIpc) is 3.07. The second-order valence-electron chi connectivity index (χ2n) is 10.0. The zero-order chi connectivity index (χ0) is 26.6. The normalized spacial score (nSPS) is 22.8. The van der Waals surface area contributed by atoms with Crippen LogP contribution in [0, 0.1) is 5.82 Å². The summed E-state index contributed by atoms with van der Waals surface area (Å²) in [6, 6.07) is 3.79. The number of carboxylic acid groups (broad SMARTS) is 1. The highest BCUT2D eigenvalue weighted by Gasteiger charge is 2.47. The molecule has 0 bridgehead atoms. The predicted octanol–water partition coefficient (Wildman–Crippen LogP) is 3.32. The van der Waals surface area contributed by atoms with Gasteiger partial charge in [0.1, 0.15) is 34.5 Å². The van der Waals surface area contributed by atoms with Gasteiger partial charge >= 0.3 is 6.09 Å². The van der Waals surface area contributed by atoms with Crippen molar-refractivity contribution >= 4 is 35.1 Å². The summed E-state index contributed by atoms with van der Waals surface area (Å²) >= 11 is 6.80. The van der Waals surface area contributed by atoms with Gasteiger partial charge in [0.15, 0.2) is 5.75 Å². The van der Waals surface area contributed by atoms with Gasteiger partial charge in [-0.3, -0.25) is 4.79 Å². The number of hydrogen-bond donors (Lipinski definition) is 2. The molecule has 10 nitrogen and oxygen atoms in total. The van der Waals surface area contributed by atoms with Gasteiger partial charge in [-0.25, -0.2) is 14.2 Å². The van der Waals surface area contributed by atoms with E-state index in [4.69, 9.17) is 31.8 Å². The monoisotopic (exact) mass is 533 g/mol. The third-order valence-corrected chi connectivity index (χ3v) is 8.00. The summed E-state index contributed by atoms with van der Waals surface area (Å²) in [6.45, 7) is 5.00. The van der Waals surface area contributed by atoms with Crippen LogP contribution in [0.4, 0.5) is 20.7 Å². The number of piperazine rings is 1. The average molecular weight is 534 g/mol. The van der Waals surface area contributed by atoms with E-state index in [2.05, 4.69) is 0 Å². The first-order valence-corrected chi connectivity index (χ1v) is 12.4. The van der Waals surface area contributed by atoms with Crippen LogP contribution in [0.5, 0.6) is 5.75 Å². The highest BCUT2D eigenvalue weighted by Crippen LogP contribution is 2.47. The number of hydrogen-bond acceptors (Lipinski definition) is 7. The van der Waals surface area contributed by atoms with E-state index in [1.54, 1.807) is 18.1 Å². The molecule has 3 aliphatic rings. The standard InChI is InChI=1S/C25H29ClFN5O5/c1-25(2)16(36-3)7-8-32(25)22-18-21(19(26)20(29-22)17-14(27)5-4-6-15(17)28)37-12-13-11-30(24(34)35)9-10-31(13)23(18)33/h4-6,13,16H,7-12,28H2,1-3H3,(H,34,35)/t13-,16?/m1/s1. The first kappa shape index (κ1) is 25.3. The van der Waals surface area contributed by atoms with Gasteiger partial charge in [0.25, 0.3) is 5.91 Å². The van der Waals surface area contributed by atoms with Gasteiger partial charge in [-0.2, -0.15) is 0 Å². The Morgan fingerprint density at radius 2 is 2.05 bits per heavy atom. The number of fused-ring (bicyclic) bond motifs is 2. The number of aromatic nitrogens is 1. The Labute approximate surface area is 218 Å². The molecular weight excluding hydrogens is 505 g/mol. The minimum atomic E-state index is -1.06. The van der Waals surface area contributed by atoms with Crippen molar-refractivity contribution < 1.29 is 28.6 Å². The minimum absolute atomic E-state index is 0.0158. The fraction of sp³-hybridized carbons (Fsp3) is 0.480. The Bertz CT molecular complexity index is 1250. The maximum atomic E-state index is 15.1.